The first-order valence-corrected chi connectivity index (χ1v) is 6.36. The minimum atomic E-state index is -0.763. The highest BCUT2D eigenvalue weighted by Gasteiger charge is 2.13. The number of pyridine rings is 1. The van der Waals surface area contributed by atoms with Crippen molar-refractivity contribution < 1.29 is 13.7 Å². The van der Waals surface area contributed by atoms with Gasteiger partial charge < -0.3 is 5.32 Å². The summed E-state index contributed by atoms with van der Waals surface area (Å²) in [5, 5.41) is 13.9. The van der Waals surface area contributed by atoms with Gasteiger partial charge in [-0.25, -0.2) is 13.8 Å². The Kier molecular flexibility index (Phi) is 4.42. The second kappa shape index (κ2) is 6.25. The third kappa shape index (κ3) is 3.71. The van der Waals surface area contributed by atoms with Gasteiger partial charge in [0.15, 0.2) is 0 Å². The second-order valence-electron chi connectivity index (χ2n) is 4.44. The number of halogens is 2. The number of benzene rings is 1. The lowest BCUT2D eigenvalue weighted by Crippen LogP contribution is -2.03. The van der Waals surface area contributed by atoms with Crippen LogP contribution >= 0.6 is 0 Å². The van der Waals surface area contributed by atoms with Gasteiger partial charge in [-0.15, -0.1) is 0 Å². The summed E-state index contributed by atoms with van der Waals surface area (Å²) in [4.78, 5) is 14.5. The number of aromatic nitrogens is 1. The third-order valence-corrected chi connectivity index (χ3v) is 2.74. The normalized spacial score (nSPS) is 10.4. The lowest BCUT2D eigenvalue weighted by Gasteiger charge is -2.07. The van der Waals surface area contributed by atoms with E-state index in [2.05, 4.69) is 10.3 Å². The zero-order valence-electron chi connectivity index (χ0n) is 11.3. The van der Waals surface area contributed by atoms with Crippen LogP contribution in [-0.2, 0) is 0 Å². The van der Waals surface area contributed by atoms with E-state index in [0.717, 1.165) is 24.6 Å². The molecule has 1 N–H and O–H groups in total. The number of hydrogen-bond acceptors (Lipinski definition) is 4. The Labute approximate surface area is 119 Å². The summed E-state index contributed by atoms with van der Waals surface area (Å²) in [5.74, 6) is -1.23. The highest BCUT2D eigenvalue weighted by atomic mass is 19.1. The Balaban J connectivity index is 2.50. The van der Waals surface area contributed by atoms with Gasteiger partial charge in [-0.2, -0.15) is 0 Å². The summed E-state index contributed by atoms with van der Waals surface area (Å²) >= 11 is 0. The Bertz CT molecular complexity index is 657. The summed E-state index contributed by atoms with van der Waals surface area (Å²) < 4.78 is 26.5. The predicted octanol–water partition coefficient (Wildman–Crippen LogP) is 3.76. The van der Waals surface area contributed by atoms with Crippen LogP contribution in [-0.4, -0.2) is 16.5 Å². The summed E-state index contributed by atoms with van der Waals surface area (Å²) in [6, 6.07) is 5.37. The fourth-order valence-corrected chi connectivity index (χ4v) is 1.81. The largest absolute Gasteiger partial charge is 0.370 e. The van der Waals surface area contributed by atoms with Crippen molar-refractivity contribution in [3.63, 3.8) is 0 Å². The van der Waals surface area contributed by atoms with Crippen LogP contribution in [0.25, 0.3) is 11.3 Å². The second-order valence-corrected chi connectivity index (χ2v) is 4.44. The molecule has 0 bridgehead atoms. The first kappa shape index (κ1) is 14.8. The molecule has 2 aromatic rings. The molecule has 7 heteroatoms. The predicted molar refractivity (Wildman–Crippen MR) is 75.0 cm³/mol. The number of hydrogen-bond donors (Lipinski definition) is 1. The molecule has 0 saturated carbocycles. The van der Waals surface area contributed by atoms with E-state index < -0.39 is 16.6 Å². The third-order valence-electron chi connectivity index (χ3n) is 2.74. The van der Waals surface area contributed by atoms with E-state index in [4.69, 9.17) is 0 Å². The Morgan fingerprint density at radius 2 is 1.86 bits per heavy atom. The molecule has 1 heterocycles. The number of anilines is 1. The van der Waals surface area contributed by atoms with E-state index in [1.165, 1.54) is 12.1 Å². The Morgan fingerprint density at radius 3 is 2.43 bits per heavy atom. The van der Waals surface area contributed by atoms with Gasteiger partial charge in [0.25, 0.3) is 5.69 Å². The standard InChI is InChI=1S/C14H13F2N3O2/c1-2-3-17-14-8-12(19(20)21)7-13(18-14)9-4-10(15)6-11(16)5-9/h4-8H,2-3H2,1H3,(H,17,18). The zero-order valence-corrected chi connectivity index (χ0v) is 11.3. The molecule has 0 fully saturated rings. The first-order chi connectivity index (χ1) is 9.99. The maximum absolute atomic E-state index is 13.3. The van der Waals surface area contributed by atoms with E-state index in [1.807, 2.05) is 6.92 Å². The van der Waals surface area contributed by atoms with Gasteiger partial charge >= 0.3 is 0 Å². The van der Waals surface area contributed by atoms with E-state index >= 15 is 0 Å². The van der Waals surface area contributed by atoms with Crippen LogP contribution in [0.1, 0.15) is 13.3 Å². The van der Waals surface area contributed by atoms with Crippen LogP contribution in [0.5, 0.6) is 0 Å². The van der Waals surface area contributed by atoms with Crippen LogP contribution in [0.15, 0.2) is 30.3 Å². The average molecular weight is 293 g/mol. The lowest BCUT2D eigenvalue weighted by molar-refractivity contribution is -0.384. The fraction of sp³-hybridized carbons (Fsp3) is 0.214. The molecule has 0 aliphatic rings. The molecule has 0 saturated heterocycles. The Morgan fingerprint density at radius 1 is 1.19 bits per heavy atom. The molecule has 1 aromatic heterocycles. The van der Waals surface area contributed by atoms with E-state index in [1.54, 1.807) is 0 Å². The van der Waals surface area contributed by atoms with Crippen molar-refractivity contribution >= 4 is 11.5 Å². The van der Waals surface area contributed by atoms with Gasteiger partial charge in [-0.3, -0.25) is 10.1 Å². The monoisotopic (exact) mass is 293 g/mol. The summed E-state index contributed by atoms with van der Waals surface area (Å²) in [6.07, 6.45) is 0.814. The van der Waals surface area contributed by atoms with Crippen molar-refractivity contribution in [3.8, 4) is 11.3 Å². The smallest absolute Gasteiger partial charge is 0.275 e. The van der Waals surface area contributed by atoms with Gasteiger partial charge in [0.1, 0.15) is 17.5 Å². The highest BCUT2D eigenvalue weighted by Crippen LogP contribution is 2.26. The summed E-state index contributed by atoms with van der Waals surface area (Å²) in [7, 11) is 0. The average Bonchev–Trinajstić information content (AvgIpc) is 2.43. The van der Waals surface area contributed by atoms with Crippen LogP contribution in [0.2, 0.25) is 0 Å². The highest BCUT2D eigenvalue weighted by molar-refractivity contribution is 5.65. The number of nitrogens with one attached hydrogen (secondary N) is 1. The van der Waals surface area contributed by atoms with Gasteiger partial charge in [0, 0.05) is 24.2 Å². The van der Waals surface area contributed by atoms with Crippen LogP contribution in [0.4, 0.5) is 20.3 Å². The molecular formula is C14H13F2N3O2. The van der Waals surface area contributed by atoms with Gasteiger partial charge in [-0.1, -0.05) is 6.92 Å². The van der Waals surface area contributed by atoms with Crippen molar-refractivity contribution in [2.45, 2.75) is 13.3 Å². The maximum Gasteiger partial charge on any atom is 0.275 e. The van der Waals surface area contributed by atoms with Gasteiger partial charge in [0.2, 0.25) is 0 Å². The minimum Gasteiger partial charge on any atom is -0.370 e. The van der Waals surface area contributed by atoms with E-state index in [9.17, 15) is 18.9 Å². The molecule has 0 amide bonds. The molecule has 5 nitrogen and oxygen atoms in total. The van der Waals surface area contributed by atoms with Crippen LogP contribution in [0.3, 0.4) is 0 Å². The number of nitrogens with zero attached hydrogens (tertiary/aromatic N) is 2. The van der Waals surface area contributed by atoms with Crippen molar-refractivity contribution in [2.75, 3.05) is 11.9 Å². The molecule has 110 valence electrons. The molecule has 0 radical (unpaired) electrons. The minimum absolute atomic E-state index is 0.140. The van der Waals surface area contributed by atoms with Crippen molar-refractivity contribution in [2.24, 2.45) is 0 Å². The number of nitro groups is 1. The number of rotatable bonds is 5. The molecular weight excluding hydrogens is 280 g/mol. The van der Waals surface area contributed by atoms with Crippen molar-refractivity contribution in [3.05, 3.63) is 52.1 Å². The molecule has 0 unspecified atom stereocenters. The van der Waals surface area contributed by atoms with Gasteiger partial charge in [0.05, 0.1) is 16.7 Å². The lowest BCUT2D eigenvalue weighted by atomic mass is 10.1. The molecule has 21 heavy (non-hydrogen) atoms. The van der Waals surface area contributed by atoms with Crippen LogP contribution < -0.4 is 5.32 Å². The quantitative estimate of drug-likeness (QED) is 0.673. The SMILES string of the molecule is CCCNc1cc([N+](=O)[O-])cc(-c2cc(F)cc(F)c2)n1. The van der Waals surface area contributed by atoms with Crippen molar-refractivity contribution in [1.29, 1.82) is 0 Å². The molecule has 2 rings (SSSR count). The van der Waals surface area contributed by atoms with Crippen LogP contribution in [0, 0.1) is 21.7 Å². The first-order valence-electron chi connectivity index (χ1n) is 6.36. The Hall–Kier alpha value is -2.57. The molecule has 0 spiro atoms. The van der Waals surface area contributed by atoms with E-state index in [-0.39, 0.29) is 16.9 Å². The molecule has 0 aliphatic carbocycles. The van der Waals surface area contributed by atoms with Gasteiger partial charge in [-0.05, 0) is 18.6 Å². The van der Waals surface area contributed by atoms with E-state index in [0.29, 0.717) is 12.4 Å². The fourth-order valence-electron chi connectivity index (χ4n) is 1.81. The zero-order chi connectivity index (χ0) is 15.4. The molecule has 1 aromatic carbocycles. The summed E-state index contributed by atoms with van der Waals surface area (Å²) in [6.45, 7) is 2.53. The summed E-state index contributed by atoms with van der Waals surface area (Å²) in [5.41, 5.74) is 0.0974. The topological polar surface area (TPSA) is 68.1 Å². The van der Waals surface area contributed by atoms with Crippen molar-refractivity contribution in [1.82, 2.24) is 4.98 Å². The molecule has 0 aliphatic heterocycles. The molecule has 0 atom stereocenters. The maximum atomic E-state index is 13.3.